The highest BCUT2D eigenvalue weighted by atomic mass is 19.1. The van der Waals surface area contributed by atoms with Gasteiger partial charge in [0.05, 0.1) is 6.42 Å². The number of carboxylic acids is 1. The first-order chi connectivity index (χ1) is 7.91. The first kappa shape index (κ1) is 13.2. The first-order valence-corrected chi connectivity index (χ1v) is 5.15. The molecule has 0 spiro atoms. The highest BCUT2D eigenvalue weighted by molar-refractivity contribution is 5.94. The van der Waals surface area contributed by atoms with Gasteiger partial charge in [0.25, 0.3) is 5.91 Å². The Kier molecular flexibility index (Phi) is 4.20. The van der Waals surface area contributed by atoms with E-state index in [1.807, 2.05) is 0 Å². The van der Waals surface area contributed by atoms with Crippen LogP contribution in [0, 0.1) is 12.7 Å². The molecule has 0 bridgehead atoms. The number of amides is 1. The van der Waals surface area contributed by atoms with E-state index < -0.39 is 11.8 Å². The molecule has 5 heteroatoms. The fraction of sp³-hybridized carbons (Fsp3) is 0.333. The summed E-state index contributed by atoms with van der Waals surface area (Å²) in [5, 5.41) is 8.50. The second-order valence-electron chi connectivity index (χ2n) is 3.83. The van der Waals surface area contributed by atoms with E-state index in [0.717, 1.165) is 6.07 Å². The van der Waals surface area contributed by atoms with Gasteiger partial charge in [-0.05, 0) is 24.6 Å². The van der Waals surface area contributed by atoms with Crippen LogP contribution in [0.4, 0.5) is 4.39 Å². The van der Waals surface area contributed by atoms with E-state index in [4.69, 9.17) is 5.11 Å². The van der Waals surface area contributed by atoms with Gasteiger partial charge in [0.15, 0.2) is 0 Å². The Labute approximate surface area is 98.7 Å². The summed E-state index contributed by atoms with van der Waals surface area (Å²) < 4.78 is 13.3. The zero-order valence-corrected chi connectivity index (χ0v) is 9.74. The van der Waals surface area contributed by atoms with Gasteiger partial charge < -0.3 is 10.0 Å². The van der Waals surface area contributed by atoms with Crippen molar-refractivity contribution >= 4 is 11.9 Å². The Morgan fingerprint density at radius 3 is 2.59 bits per heavy atom. The molecule has 0 fully saturated rings. The van der Waals surface area contributed by atoms with Crippen LogP contribution in [-0.2, 0) is 4.79 Å². The van der Waals surface area contributed by atoms with Crippen molar-refractivity contribution < 1.29 is 19.1 Å². The Balaban J connectivity index is 2.74. The fourth-order valence-electron chi connectivity index (χ4n) is 1.31. The molecule has 1 amide bonds. The normalized spacial score (nSPS) is 10.1. The summed E-state index contributed by atoms with van der Waals surface area (Å²) in [6, 6.07) is 4.21. The number of nitrogens with zero attached hydrogens (tertiary/aromatic N) is 1. The monoisotopic (exact) mass is 239 g/mol. The minimum atomic E-state index is -0.972. The lowest BCUT2D eigenvalue weighted by molar-refractivity contribution is -0.137. The van der Waals surface area contributed by atoms with E-state index in [1.54, 1.807) is 6.92 Å². The molecule has 1 rings (SSSR count). The SMILES string of the molecule is Cc1ccc(C(=O)N(C)CCC(=O)O)cc1F. The number of benzene rings is 1. The third kappa shape index (κ3) is 3.55. The first-order valence-electron chi connectivity index (χ1n) is 5.15. The molecule has 0 aliphatic rings. The van der Waals surface area contributed by atoms with Crippen LogP contribution in [0.5, 0.6) is 0 Å². The predicted octanol–water partition coefficient (Wildman–Crippen LogP) is 1.68. The number of aliphatic carboxylic acids is 1. The molecular formula is C12H14FNO3. The smallest absolute Gasteiger partial charge is 0.305 e. The number of halogens is 1. The molecule has 0 atom stereocenters. The maximum absolute atomic E-state index is 13.3. The van der Waals surface area contributed by atoms with Crippen molar-refractivity contribution in [2.45, 2.75) is 13.3 Å². The summed E-state index contributed by atoms with van der Waals surface area (Å²) in [6.45, 7) is 1.71. The molecule has 1 aromatic carbocycles. The third-order valence-electron chi connectivity index (χ3n) is 2.43. The van der Waals surface area contributed by atoms with Gasteiger partial charge in [0.2, 0.25) is 0 Å². The van der Waals surface area contributed by atoms with E-state index in [1.165, 1.54) is 24.1 Å². The minimum Gasteiger partial charge on any atom is -0.481 e. The van der Waals surface area contributed by atoms with Crippen molar-refractivity contribution in [3.8, 4) is 0 Å². The van der Waals surface area contributed by atoms with Crippen LogP contribution in [0.15, 0.2) is 18.2 Å². The van der Waals surface area contributed by atoms with E-state index in [0.29, 0.717) is 5.56 Å². The minimum absolute atomic E-state index is 0.101. The van der Waals surface area contributed by atoms with Crippen LogP contribution in [0.1, 0.15) is 22.3 Å². The summed E-state index contributed by atoms with van der Waals surface area (Å²) in [5.41, 5.74) is 0.690. The maximum atomic E-state index is 13.3. The van der Waals surface area contributed by atoms with Gasteiger partial charge in [-0.25, -0.2) is 4.39 Å². The molecule has 4 nitrogen and oxygen atoms in total. The molecule has 0 radical (unpaired) electrons. The van der Waals surface area contributed by atoms with Gasteiger partial charge in [-0.1, -0.05) is 6.07 Å². The summed E-state index contributed by atoms with van der Waals surface area (Å²) in [4.78, 5) is 23.4. The molecule has 0 aromatic heterocycles. The van der Waals surface area contributed by atoms with Crippen LogP contribution in [0.2, 0.25) is 0 Å². The second kappa shape index (κ2) is 5.43. The molecule has 0 saturated carbocycles. The third-order valence-corrected chi connectivity index (χ3v) is 2.43. The highest BCUT2D eigenvalue weighted by Crippen LogP contribution is 2.11. The van der Waals surface area contributed by atoms with Gasteiger partial charge in [-0.3, -0.25) is 9.59 Å². The molecule has 1 aromatic rings. The summed E-state index contributed by atoms with van der Waals surface area (Å²) >= 11 is 0. The topological polar surface area (TPSA) is 57.6 Å². The van der Waals surface area contributed by atoms with Gasteiger partial charge in [0.1, 0.15) is 5.82 Å². The van der Waals surface area contributed by atoms with Crippen molar-refractivity contribution in [1.82, 2.24) is 4.90 Å². The number of carboxylic acid groups (broad SMARTS) is 1. The zero-order chi connectivity index (χ0) is 13.0. The van der Waals surface area contributed by atoms with Crippen LogP contribution >= 0.6 is 0 Å². The molecular weight excluding hydrogens is 225 g/mol. The van der Waals surface area contributed by atoms with E-state index in [2.05, 4.69) is 0 Å². The number of hydrogen-bond acceptors (Lipinski definition) is 2. The summed E-state index contributed by atoms with van der Waals surface area (Å²) in [5.74, 6) is -1.80. The van der Waals surface area contributed by atoms with E-state index in [9.17, 15) is 14.0 Å². The Bertz CT molecular complexity index is 445. The Morgan fingerprint density at radius 2 is 2.06 bits per heavy atom. The molecule has 0 heterocycles. The van der Waals surface area contributed by atoms with Crippen LogP contribution in [0.25, 0.3) is 0 Å². The van der Waals surface area contributed by atoms with E-state index >= 15 is 0 Å². The molecule has 0 unspecified atom stereocenters. The number of hydrogen-bond donors (Lipinski definition) is 1. The Hall–Kier alpha value is -1.91. The molecule has 0 aliphatic heterocycles. The van der Waals surface area contributed by atoms with E-state index in [-0.39, 0.29) is 24.4 Å². The number of carbonyl (C=O) groups is 2. The lowest BCUT2D eigenvalue weighted by atomic mass is 10.1. The predicted molar refractivity (Wildman–Crippen MR) is 60.4 cm³/mol. The highest BCUT2D eigenvalue weighted by Gasteiger charge is 2.13. The summed E-state index contributed by atoms with van der Waals surface area (Å²) in [7, 11) is 1.49. The fourth-order valence-corrected chi connectivity index (χ4v) is 1.31. The van der Waals surface area contributed by atoms with Crippen LogP contribution < -0.4 is 0 Å². The lowest BCUT2D eigenvalue weighted by Gasteiger charge is -2.16. The lowest BCUT2D eigenvalue weighted by Crippen LogP contribution is -2.29. The largest absolute Gasteiger partial charge is 0.481 e. The average Bonchev–Trinajstić information content (AvgIpc) is 2.28. The molecule has 92 valence electrons. The maximum Gasteiger partial charge on any atom is 0.305 e. The van der Waals surface area contributed by atoms with Gasteiger partial charge in [-0.15, -0.1) is 0 Å². The standard InChI is InChI=1S/C12H14FNO3/c1-8-3-4-9(7-10(8)13)12(17)14(2)6-5-11(15)16/h3-4,7H,5-6H2,1-2H3,(H,15,16). The van der Waals surface area contributed by atoms with Gasteiger partial charge in [0, 0.05) is 19.2 Å². The second-order valence-corrected chi connectivity index (χ2v) is 3.83. The molecule has 1 N–H and O–H groups in total. The average molecular weight is 239 g/mol. The van der Waals surface area contributed by atoms with Crippen molar-refractivity contribution in [1.29, 1.82) is 0 Å². The number of rotatable bonds is 4. The van der Waals surface area contributed by atoms with Crippen molar-refractivity contribution in [2.24, 2.45) is 0 Å². The molecule has 0 saturated heterocycles. The number of aryl methyl sites for hydroxylation is 1. The van der Waals surface area contributed by atoms with Crippen molar-refractivity contribution in [2.75, 3.05) is 13.6 Å². The van der Waals surface area contributed by atoms with Crippen LogP contribution in [0.3, 0.4) is 0 Å². The van der Waals surface area contributed by atoms with Crippen LogP contribution in [-0.4, -0.2) is 35.5 Å². The zero-order valence-electron chi connectivity index (χ0n) is 9.74. The van der Waals surface area contributed by atoms with Gasteiger partial charge >= 0.3 is 5.97 Å². The van der Waals surface area contributed by atoms with Crippen molar-refractivity contribution in [3.05, 3.63) is 35.1 Å². The Morgan fingerprint density at radius 1 is 1.41 bits per heavy atom. The quantitative estimate of drug-likeness (QED) is 0.869. The van der Waals surface area contributed by atoms with Crippen molar-refractivity contribution in [3.63, 3.8) is 0 Å². The molecule has 0 aliphatic carbocycles. The summed E-state index contributed by atoms with van der Waals surface area (Å²) in [6.07, 6.45) is -0.128. The molecule has 17 heavy (non-hydrogen) atoms. The number of carbonyl (C=O) groups excluding carboxylic acids is 1. The van der Waals surface area contributed by atoms with Gasteiger partial charge in [-0.2, -0.15) is 0 Å².